The summed E-state index contributed by atoms with van der Waals surface area (Å²) < 4.78 is 1.57. The Balaban J connectivity index is 1.83. The molecule has 0 saturated carbocycles. The Hall–Kier alpha value is -2.34. The molecule has 0 bridgehead atoms. The van der Waals surface area contributed by atoms with Gasteiger partial charge in [-0.2, -0.15) is 5.10 Å². The van der Waals surface area contributed by atoms with E-state index in [9.17, 15) is 14.7 Å². The predicted molar refractivity (Wildman–Crippen MR) is 84.9 cm³/mol. The van der Waals surface area contributed by atoms with E-state index in [-0.39, 0.29) is 5.91 Å². The molecular formula is C16H16ClN3O3. The van der Waals surface area contributed by atoms with Crippen molar-refractivity contribution in [1.29, 1.82) is 0 Å². The normalized spacial score (nSPS) is 18.0. The van der Waals surface area contributed by atoms with Crippen LogP contribution in [0.5, 0.6) is 0 Å². The molecule has 23 heavy (non-hydrogen) atoms. The number of hydrogen-bond donors (Lipinski definition) is 1. The van der Waals surface area contributed by atoms with Gasteiger partial charge in [-0.05, 0) is 43.5 Å². The van der Waals surface area contributed by atoms with E-state index in [2.05, 4.69) is 5.10 Å². The highest BCUT2D eigenvalue weighted by atomic mass is 35.5. The number of carboxylic acids is 1. The topological polar surface area (TPSA) is 75.4 Å². The van der Waals surface area contributed by atoms with Gasteiger partial charge in [0.1, 0.15) is 6.04 Å². The largest absolute Gasteiger partial charge is 0.480 e. The minimum absolute atomic E-state index is 0.294. The SMILES string of the molecule is O=C(O)C1CCCCN1C(=O)c1cnn(-c2ccc(Cl)cc2)c1. The zero-order valence-electron chi connectivity index (χ0n) is 12.4. The Kier molecular flexibility index (Phi) is 4.34. The van der Waals surface area contributed by atoms with E-state index >= 15 is 0 Å². The van der Waals surface area contributed by atoms with Gasteiger partial charge in [0.15, 0.2) is 0 Å². The molecule has 1 saturated heterocycles. The molecule has 0 spiro atoms. The van der Waals surface area contributed by atoms with Crippen molar-refractivity contribution in [3.05, 3.63) is 47.2 Å². The first kappa shape index (κ1) is 15.6. The lowest BCUT2D eigenvalue weighted by Gasteiger charge is -2.32. The van der Waals surface area contributed by atoms with Crippen molar-refractivity contribution >= 4 is 23.5 Å². The highest BCUT2D eigenvalue weighted by molar-refractivity contribution is 6.30. The minimum atomic E-state index is -0.955. The van der Waals surface area contributed by atoms with Crippen LogP contribution in [0.4, 0.5) is 0 Å². The van der Waals surface area contributed by atoms with Crippen LogP contribution in [0.3, 0.4) is 0 Å². The maximum atomic E-state index is 12.6. The third-order valence-corrected chi connectivity index (χ3v) is 4.22. The van der Waals surface area contributed by atoms with Gasteiger partial charge in [-0.1, -0.05) is 11.6 Å². The lowest BCUT2D eigenvalue weighted by atomic mass is 10.0. The highest BCUT2D eigenvalue weighted by Crippen LogP contribution is 2.20. The minimum Gasteiger partial charge on any atom is -0.480 e. The first-order valence-electron chi connectivity index (χ1n) is 7.40. The Morgan fingerprint density at radius 3 is 2.65 bits per heavy atom. The van der Waals surface area contributed by atoms with Crippen LogP contribution in [0.2, 0.25) is 5.02 Å². The fourth-order valence-corrected chi connectivity index (χ4v) is 2.89. The molecule has 1 fully saturated rings. The average molecular weight is 334 g/mol. The van der Waals surface area contributed by atoms with Crippen molar-refractivity contribution in [3.63, 3.8) is 0 Å². The molecule has 1 unspecified atom stereocenters. The Bertz CT molecular complexity index is 726. The molecule has 2 aromatic rings. The van der Waals surface area contributed by atoms with Gasteiger partial charge in [0.05, 0.1) is 17.4 Å². The number of nitrogens with zero attached hydrogens (tertiary/aromatic N) is 3. The molecule has 1 aliphatic rings. The van der Waals surface area contributed by atoms with Crippen LogP contribution in [0.25, 0.3) is 5.69 Å². The van der Waals surface area contributed by atoms with Crippen LogP contribution in [-0.2, 0) is 4.79 Å². The molecule has 6 nitrogen and oxygen atoms in total. The van der Waals surface area contributed by atoms with E-state index in [0.717, 1.165) is 18.5 Å². The van der Waals surface area contributed by atoms with Crippen LogP contribution >= 0.6 is 11.6 Å². The molecule has 0 radical (unpaired) electrons. The monoisotopic (exact) mass is 333 g/mol. The highest BCUT2D eigenvalue weighted by Gasteiger charge is 2.32. The maximum Gasteiger partial charge on any atom is 0.326 e. The van der Waals surface area contributed by atoms with Crippen molar-refractivity contribution in [1.82, 2.24) is 14.7 Å². The predicted octanol–water partition coefficient (Wildman–Crippen LogP) is 2.61. The molecule has 3 rings (SSSR count). The number of benzene rings is 1. The standard InChI is InChI=1S/C16H16ClN3O3/c17-12-4-6-13(7-5-12)20-10-11(9-18-20)15(21)19-8-2-1-3-14(19)16(22)23/h4-7,9-10,14H,1-3,8H2,(H,22,23). The number of carboxylic acid groups (broad SMARTS) is 1. The quantitative estimate of drug-likeness (QED) is 0.936. The van der Waals surface area contributed by atoms with Gasteiger partial charge in [0.2, 0.25) is 0 Å². The van der Waals surface area contributed by atoms with E-state index in [1.807, 2.05) is 0 Å². The summed E-state index contributed by atoms with van der Waals surface area (Å²) in [5, 5.41) is 14.1. The molecule has 1 N–H and O–H groups in total. The number of aliphatic carboxylic acids is 1. The van der Waals surface area contributed by atoms with Crippen LogP contribution in [0.1, 0.15) is 29.6 Å². The zero-order chi connectivity index (χ0) is 16.4. The van der Waals surface area contributed by atoms with Crippen LogP contribution < -0.4 is 0 Å². The van der Waals surface area contributed by atoms with E-state index < -0.39 is 12.0 Å². The van der Waals surface area contributed by atoms with Crippen LogP contribution in [0, 0.1) is 0 Å². The lowest BCUT2D eigenvalue weighted by molar-refractivity contribution is -0.143. The zero-order valence-corrected chi connectivity index (χ0v) is 13.1. The van der Waals surface area contributed by atoms with Crippen molar-refractivity contribution < 1.29 is 14.7 Å². The second-order valence-corrected chi connectivity index (χ2v) is 5.93. The Morgan fingerprint density at radius 1 is 1.22 bits per heavy atom. The van der Waals surface area contributed by atoms with Crippen molar-refractivity contribution in [2.75, 3.05) is 6.54 Å². The fraction of sp³-hybridized carbons (Fsp3) is 0.312. The average Bonchev–Trinajstić information content (AvgIpc) is 3.04. The van der Waals surface area contributed by atoms with E-state index in [1.54, 1.807) is 35.1 Å². The molecule has 1 aromatic carbocycles. The number of aromatic nitrogens is 2. The number of piperidine rings is 1. The number of carbonyl (C=O) groups is 2. The van der Waals surface area contributed by atoms with Crippen LogP contribution in [-0.4, -0.2) is 44.3 Å². The first-order chi connectivity index (χ1) is 11.1. The van der Waals surface area contributed by atoms with Gasteiger partial charge in [0.25, 0.3) is 5.91 Å². The molecule has 7 heteroatoms. The molecule has 1 amide bonds. The number of likely N-dealkylation sites (tertiary alicyclic amines) is 1. The van der Waals surface area contributed by atoms with Gasteiger partial charge in [-0.15, -0.1) is 0 Å². The van der Waals surface area contributed by atoms with Crippen molar-refractivity contribution in [2.24, 2.45) is 0 Å². The first-order valence-corrected chi connectivity index (χ1v) is 7.78. The molecule has 2 heterocycles. The van der Waals surface area contributed by atoms with Gasteiger partial charge in [0, 0.05) is 17.8 Å². The summed E-state index contributed by atoms with van der Waals surface area (Å²) in [6.07, 6.45) is 5.21. The Labute approximate surface area is 138 Å². The van der Waals surface area contributed by atoms with Gasteiger partial charge in [-0.25, -0.2) is 9.48 Å². The second-order valence-electron chi connectivity index (χ2n) is 5.50. The van der Waals surface area contributed by atoms with Gasteiger partial charge < -0.3 is 10.0 Å². The summed E-state index contributed by atoms with van der Waals surface area (Å²) in [5.41, 5.74) is 1.16. The number of rotatable bonds is 3. The molecule has 0 aliphatic carbocycles. The van der Waals surface area contributed by atoms with Crippen molar-refractivity contribution in [2.45, 2.75) is 25.3 Å². The van der Waals surface area contributed by atoms with Gasteiger partial charge in [-0.3, -0.25) is 4.79 Å². The van der Waals surface area contributed by atoms with Gasteiger partial charge >= 0.3 is 5.97 Å². The molecule has 120 valence electrons. The van der Waals surface area contributed by atoms with E-state index in [0.29, 0.717) is 23.6 Å². The fourth-order valence-electron chi connectivity index (χ4n) is 2.77. The summed E-state index contributed by atoms with van der Waals surface area (Å²) in [6.45, 7) is 0.460. The lowest BCUT2D eigenvalue weighted by Crippen LogP contribution is -2.47. The molecular weight excluding hydrogens is 318 g/mol. The van der Waals surface area contributed by atoms with Crippen molar-refractivity contribution in [3.8, 4) is 5.69 Å². The maximum absolute atomic E-state index is 12.6. The third kappa shape index (κ3) is 3.22. The number of hydrogen-bond acceptors (Lipinski definition) is 3. The summed E-state index contributed by atoms with van der Waals surface area (Å²) in [4.78, 5) is 25.4. The van der Waals surface area contributed by atoms with Crippen LogP contribution in [0.15, 0.2) is 36.7 Å². The van der Waals surface area contributed by atoms with E-state index in [4.69, 9.17) is 11.6 Å². The summed E-state index contributed by atoms with van der Waals surface area (Å²) in [5.74, 6) is -1.25. The summed E-state index contributed by atoms with van der Waals surface area (Å²) >= 11 is 5.86. The smallest absolute Gasteiger partial charge is 0.326 e. The summed E-state index contributed by atoms with van der Waals surface area (Å²) in [7, 11) is 0. The van der Waals surface area contributed by atoms with E-state index in [1.165, 1.54) is 11.1 Å². The number of amides is 1. The number of carbonyl (C=O) groups excluding carboxylic acids is 1. The second kappa shape index (κ2) is 6.42. The molecule has 1 aliphatic heterocycles. The summed E-state index contributed by atoms with van der Waals surface area (Å²) in [6, 6.07) is 6.32. The molecule has 1 aromatic heterocycles. The molecule has 1 atom stereocenters. The third-order valence-electron chi connectivity index (χ3n) is 3.97. The number of halogens is 1. The Morgan fingerprint density at radius 2 is 1.96 bits per heavy atom.